The summed E-state index contributed by atoms with van der Waals surface area (Å²) in [5.41, 5.74) is 0. The first-order valence-electron chi connectivity index (χ1n) is 5.15. The molecule has 2 rings (SSSR count). The van der Waals surface area contributed by atoms with Crippen molar-refractivity contribution >= 4 is 5.91 Å². The first-order chi connectivity index (χ1) is 6.18. The number of hydrogen-bond donors (Lipinski definition) is 1. The highest BCUT2D eigenvalue weighted by molar-refractivity contribution is 5.81. The van der Waals surface area contributed by atoms with Gasteiger partial charge in [-0.05, 0) is 25.2 Å². The van der Waals surface area contributed by atoms with Crippen molar-refractivity contribution < 1.29 is 9.90 Å². The number of likely N-dealkylation sites (tertiary alicyclic amines) is 1. The van der Waals surface area contributed by atoms with Gasteiger partial charge in [0.25, 0.3) is 0 Å². The van der Waals surface area contributed by atoms with Crippen LogP contribution in [0.15, 0.2) is 0 Å². The Bertz CT molecular complexity index is 213. The maximum Gasteiger partial charge on any atom is 0.225 e. The van der Waals surface area contributed by atoms with Gasteiger partial charge in [0, 0.05) is 19.0 Å². The van der Waals surface area contributed by atoms with Gasteiger partial charge in [-0.25, -0.2) is 0 Å². The lowest BCUT2D eigenvalue weighted by molar-refractivity contribution is -0.136. The Balaban J connectivity index is 1.90. The molecule has 0 bridgehead atoms. The molecule has 1 aliphatic carbocycles. The van der Waals surface area contributed by atoms with Crippen molar-refractivity contribution in [3.05, 3.63) is 0 Å². The maximum absolute atomic E-state index is 11.6. The van der Waals surface area contributed by atoms with Crippen LogP contribution in [0.3, 0.4) is 0 Å². The molecule has 1 heterocycles. The lowest BCUT2D eigenvalue weighted by Crippen LogP contribution is -2.46. The molecule has 1 aliphatic heterocycles. The first kappa shape index (κ1) is 9.00. The molecule has 2 unspecified atom stereocenters. The smallest absolute Gasteiger partial charge is 0.225 e. The van der Waals surface area contributed by atoms with Crippen molar-refractivity contribution in [3.8, 4) is 0 Å². The second-order valence-electron chi connectivity index (χ2n) is 4.39. The van der Waals surface area contributed by atoms with Gasteiger partial charge in [-0.3, -0.25) is 4.79 Å². The van der Waals surface area contributed by atoms with Crippen molar-refractivity contribution in [2.45, 2.75) is 32.3 Å². The van der Waals surface area contributed by atoms with Gasteiger partial charge in [0.15, 0.2) is 0 Å². The fourth-order valence-electron chi connectivity index (χ4n) is 1.84. The zero-order chi connectivity index (χ0) is 9.42. The van der Waals surface area contributed by atoms with E-state index in [1.54, 1.807) is 0 Å². The minimum absolute atomic E-state index is 0.269. The summed E-state index contributed by atoms with van der Waals surface area (Å²) in [5.74, 6) is 0.912. The summed E-state index contributed by atoms with van der Waals surface area (Å²) in [6.07, 6.45) is 2.75. The lowest BCUT2D eigenvalue weighted by Gasteiger charge is -2.34. The number of nitrogens with zero attached hydrogens (tertiary/aromatic N) is 1. The molecule has 3 nitrogen and oxygen atoms in total. The summed E-state index contributed by atoms with van der Waals surface area (Å²) in [4.78, 5) is 13.5. The predicted octanol–water partition coefficient (Wildman–Crippen LogP) is 0.626. The Hall–Kier alpha value is -0.570. The molecule has 13 heavy (non-hydrogen) atoms. The van der Waals surface area contributed by atoms with Crippen LogP contribution in [-0.2, 0) is 4.79 Å². The highest BCUT2D eigenvalue weighted by Gasteiger charge is 2.36. The minimum Gasteiger partial charge on any atom is -0.391 e. The molecule has 74 valence electrons. The highest BCUT2D eigenvalue weighted by Crippen LogP contribution is 2.32. The zero-order valence-electron chi connectivity index (χ0n) is 8.07. The number of aliphatic hydroxyl groups is 1. The Morgan fingerprint density at radius 1 is 1.38 bits per heavy atom. The molecule has 2 fully saturated rings. The number of carbonyl (C=O) groups is 1. The molecule has 0 radical (unpaired) electrons. The number of hydrogen-bond acceptors (Lipinski definition) is 2. The minimum atomic E-state index is -0.309. The quantitative estimate of drug-likeness (QED) is 0.647. The largest absolute Gasteiger partial charge is 0.391 e. The Morgan fingerprint density at radius 3 is 2.62 bits per heavy atom. The molecule has 1 saturated carbocycles. The van der Waals surface area contributed by atoms with Gasteiger partial charge in [-0.2, -0.15) is 0 Å². The van der Waals surface area contributed by atoms with E-state index >= 15 is 0 Å². The molecule has 1 saturated heterocycles. The van der Waals surface area contributed by atoms with E-state index in [9.17, 15) is 9.90 Å². The van der Waals surface area contributed by atoms with E-state index in [2.05, 4.69) is 0 Å². The van der Waals surface area contributed by atoms with Crippen molar-refractivity contribution in [2.75, 3.05) is 13.1 Å². The highest BCUT2D eigenvalue weighted by atomic mass is 16.3. The van der Waals surface area contributed by atoms with E-state index in [1.165, 1.54) is 0 Å². The zero-order valence-corrected chi connectivity index (χ0v) is 8.07. The second kappa shape index (κ2) is 3.29. The first-order valence-corrected chi connectivity index (χ1v) is 5.15. The normalized spacial score (nSPS) is 34.8. The summed E-state index contributed by atoms with van der Waals surface area (Å²) >= 11 is 0. The van der Waals surface area contributed by atoms with Gasteiger partial charge in [0.1, 0.15) is 0 Å². The van der Waals surface area contributed by atoms with E-state index in [0.717, 1.165) is 25.8 Å². The van der Waals surface area contributed by atoms with Crippen LogP contribution in [0.1, 0.15) is 26.2 Å². The fraction of sp³-hybridized carbons (Fsp3) is 0.900. The standard InChI is InChI=1S/C10H17NO2/c1-7-4-5-11(6-9(7)12)10(13)8-2-3-8/h7-9,12H,2-6H2,1H3. The topological polar surface area (TPSA) is 40.5 Å². The Labute approximate surface area is 78.7 Å². The van der Waals surface area contributed by atoms with Crippen molar-refractivity contribution in [1.29, 1.82) is 0 Å². The van der Waals surface area contributed by atoms with Crippen molar-refractivity contribution in [3.63, 3.8) is 0 Å². The predicted molar refractivity (Wildman–Crippen MR) is 49.1 cm³/mol. The monoisotopic (exact) mass is 183 g/mol. The number of amides is 1. The SMILES string of the molecule is CC1CCN(C(=O)C2CC2)CC1O. The molecule has 3 heteroatoms. The molecule has 2 aliphatic rings. The average molecular weight is 183 g/mol. The van der Waals surface area contributed by atoms with Gasteiger partial charge in [-0.1, -0.05) is 6.92 Å². The third-order valence-electron chi connectivity index (χ3n) is 3.16. The van der Waals surface area contributed by atoms with Crippen molar-refractivity contribution in [1.82, 2.24) is 4.90 Å². The van der Waals surface area contributed by atoms with Gasteiger partial charge >= 0.3 is 0 Å². The number of β-amino-alcohol motifs (C(OH)–C–C–N with tert-alkyl or cyclic N) is 1. The molecule has 0 aromatic rings. The van der Waals surface area contributed by atoms with Crippen LogP contribution in [-0.4, -0.2) is 35.1 Å². The number of aliphatic hydroxyl groups excluding tert-OH is 1. The van der Waals surface area contributed by atoms with Crippen LogP contribution in [0.5, 0.6) is 0 Å². The van der Waals surface area contributed by atoms with Gasteiger partial charge in [-0.15, -0.1) is 0 Å². The van der Waals surface area contributed by atoms with E-state index < -0.39 is 0 Å². The third kappa shape index (κ3) is 1.85. The lowest BCUT2D eigenvalue weighted by atomic mass is 9.96. The fourth-order valence-corrected chi connectivity index (χ4v) is 1.84. The summed E-state index contributed by atoms with van der Waals surface area (Å²) in [7, 11) is 0. The molecule has 0 aromatic carbocycles. The van der Waals surface area contributed by atoms with Gasteiger partial charge in [0.05, 0.1) is 6.10 Å². The van der Waals surface area contributed by atoms with Gasteiger partial charge < -0.3 is 10.0 Å². The van der Waals surface area contributed by atoms with Crippen molar-refractivity contribution in [2.24, 2.45) is 11.8 Å². The number of carbonyl (C=O) groups excluding carboxylic acids is 1. The molecule has 0 spiro atoms. The van der Waals surface area contributed by atoms with E-state index in [1.807, 2.05) is 11.8 Å². The van der Waals surface area contributed by atoms with Crippen LogP contribution >= 0.6 is 0 Å². The molecule has 1 N–H and O–H groups in total. The summed E-state index contributed by atoms with van der Waals surface area (Å²) < 4.78 is 0. The molecule has 0 aromatic heterocycles. The van der Waals surface area contributed by atoms with Crippen LogP contribution in [0.25, 0.3) is 0 Å². The average Bonchev–Trinajstić information content (AvgIpc) is 2.91. The van der Waals surface area contributed by atoms with E-state index in [4.69, 9.17) is 0 Å². The molecule has 2 atom stereocenters. The van der Waals surface area contributed by atoms with Crippen LogP contribution in [0.2, 0.25) is 0 Å². The molecule has 1 amide bonds. The summed E-state index contributed by atoms with van der Waals surface area (Å²) in [5, 5.41) is 9.61. The van der Waals surface area contributed by atoms with E-state index in [-0.39, 0.29) is 12.0 Å². The van der Waals surface area contributed by atoms with Crippen LogP contribution < -0.4 is 0 Å². The van der Waals surface area contributed by atoms with Gasteiger partial charge in [0.2, 0.25) is 5.91 Å². The summed E-state index contributed by atoms with van der Waals surface area (Å²) in [6, 6.07) is 0. The van der Waals surface area contributed by atoms with E-state index in [0.29, 0.717) is 18.4 Å². The Kier molecular flexibility index (Phi) is 2.28. The number of rotatable bonds is 1. The molecular formula is C10H17NO2. The maximum atomic E-state index is 11.6. The third-order valence-corrected chi connectivity index (χ3v) is 3.16. The number of piperidine rings is 1. The second-order valence-corrected chi connectivity index (χ2v) is 4.39. The van der Waals surface area contributed by atoms with Crippen LogP contribution in [0.4, 0.5) is 0 Å². The molecular weight excluding hydrogens is 166 g/mol. The summed E-state index contributed by atoms with van der Waals surface area (Å²) in [6.45, 7) is 3.44. The van der Waals surface area contributed by atoms with Crippen LogP contribution in [0, 0.1) is 11.8 Å². The Morgan fingerprint density at radius 2 is 2.08 bits per heavy atom.